The molecule has 0 bridgehead atoms. The lowest BCUT2D eigenvalue weighted by Crippen LogP contribution is -2.11. The minimum absolute atomic E-state index is 0.163. The van der Waals surface area contributed by atoms with Crippen LogP contribution in [0.1, 0.15) is 12.0 Å². The molecule has 1 atom stereocenters. The highest BCUT2D eigenvalue weighted by Crippen LogP contribution is 2.39. The van der Waals surface area contributed by atoms with E-state index >= 15 is 0 Å². The van der Waals surface area contributed by atoms with E-state index in [0.717, 1.165) is 0 Å². The molecule has 0 N–H and O–H groups in total. The smallest absolute Gasteiger partial charge is 0.206 e. The molecule has 0 radical (unpaired) electrons. The number of rotatable bonds is 6. The lowest BCUT2D eigenvalue weighted by atomic mass is 10.1. The summed E-state index contributed by atoms with van der Waals surface area (Å²) in [5.74, 6) is 1.03. The minimum atomic E-state index is -3.76. The Kier molecular flexibility index (Phi) is 5.58. The summed E-state index contributed by atoms with van der Waals surface area (Å²) in [6.07, 6.45) is 1.94. The summed E-state index contributed by atoms with van der Waals surface area (Å²) < 4.78 is 51.0. The van der Waals surface area contributed by atoms with E-state index in [1.165, 1.54) is 31.4 Å². The average Bonchev–Trinajstić information content (AvgIpc) is 3.07. The van der Waals surface area contributed by atoms with Gasteiger partial charge in [-0.25, -0.2) is 12.8 Å². The van der Waals surface area contributed by atoms with E-state index in [4.69, 9.17) is 9.47 Å². The predicted octanol–water partition coefficient (Wildman–Crippen LogP) is 4.13. The van der Waals surface area contributed by atoms with Crippen molar-refractivity contribution < 1.29 is 22.3 Å². The molecule has 0 aliphatic carbocycles. The van der Waals surface area contributed by atoms with E-state index in [9.17, 15) is 12.8 Å². The second-order valence-electron chi connectivity index (χ2n) is 5.84. The van der Waals surface area contributed by atoms with Gasteiger partial charge in [0.15, 0.2) is 0 Å². The van der Waals surface area contributed by atoms with E-state index in [2.05, 4.69) is 0 Å². The van der Waals surface area contributed by atoms with Crippen LogP contribution in [0, 0.1) is 5.82 Å². The molecule has 0 saturated carbocycles. The molecule has 26 heavy (non-hydrogen) atoms. The summed E-state index contributed by atoms with van der Waals surface area (Å²) in [6, 6.07) is 12.0. The fraction of sp³-hybridized carbons (Fsp3) is 0.263. The summed E-state index contributed by atoms with van der Waals surface area (Å²) >= 11 is 1.58. The average molecular weight is 394 g/mol. The Labute approximate surface area is 156 Å². The third-order valence-electron chi connectivity index (χ3n) is 4.08. The summed E-state index contributed by atoms with van der Waals surface area (Å²) in [5, 5.41) is 0. The zero-order valence-electron chi connectivity index (χ0n) is 14.4. The Bertz CT molecular complexity index is 921. The van der Waals surface area contributed by atoms with Gasteiger partial charge in [-0.15, -0.1) is 0 Å². The van der Waals surface area contributed by atoms with Crippen molar-refractivity contribution in [2.75, 3.05) is 19.1 Å². The van der Waals surface area contributed by atoms with Crippen LogP contribution in [0.3, 0.4) is 0 Å². The molecule has 0 fully saturated rings. The first-order chi connectivity index (χ1) is 12.5. The van der Waals surface area contributed by atoms with Gasteiger partial charge in [-0.1, -0.05) is 12.1 Å². The van der Waals surface area contributed by atoms with E-state index < -0.39 is 15.7 Å². The van der Waals surface area contributed by atoms with Crippen LogP contribution >= 0.6 is 11.8 Å². The molecule has 1 unspecified atom stereocenters. The number of thioether (sulfide) groups is 1. The van der Waals surface area contributed by atoms with Crippen molar-refractivity contribution in [2.45, 2.75) is 17.4 Å². The Morgan fingerprint density at radius 1 is 1.23 bits per heavy atom. The van der Waals surface area contributed by atoms with Crippen LogP contribution in [-0.2, 0) is 14.6 Å². The van der Waals surface area contributed by atoms with Crippen molar-refractivity contribution >= 4 is 27.4 Å². The molecular formula is C19H19FO4S2. The summed E-state index contributed by atoms with van der Waals surface area (Å²) in [5.41, 5.74) is 0.431. The van der Waals surface area contributed by atoms with Gasteiger partial charge in [0.1, 0.15) is 23.4 Å². The second kappa shape index (κ2) is 7.72. The molecular weight excluding hydrogens is 375 g/mol. The summed E-state index contributed by atoms with van der Waals surface area (Å²) in [6.45, 7) is 0. The van der Waals surface area contributed by atoms with E-state index in [0.29, 0.717) is 17.1 Å². The molecule has 138 valence electrons. The fourth-order valence-electron chi connectivity index (χ4n) is 2.84. The fourth-order valence-corrected chi connectivity index (χ4v) is 4.99. The standard InChI is InChI=1S/C19H19FO4S2/c1-23-15-6-8-17(9-7-15)26(21,22)18-11-16(12-25-2)24-19(18)13-4-3-5-14(20)10-13/h3-10,16H,11-12H2,1-2H3. The number of benzene rings is 2. The molecule has 1 aliphatic rings. The van der Waals surface area contributed by atoms with Crippen LogP contribution in [0.5, 0.6) is 5.75 Å². The van der Waals surface area contributed by atoms with Gasteiger partial charge in [-0.05, 0) is 42.7 Å². The predicted molar refractivity (Wildman–Crippen MR) is 101 cm³/mol. The van der Waals surface area contributed by atoms with Gasteiger partial charge in [-0.3, -0.25) is 0 Å². The van der Waals surface area contributed by atoms with Crippen molar-refractivity contribution in [2.24, 2.45) is 0 Å². The zero-order valence-corrected chi connectivity index (χ0v) is 16.1. The molecule has 2 aromatic carbocycles. The maximum absolute atomic E-state index is 13.7. The van der Waals surface area contributed by atoms with Gasteiger partial charge in [0.2, 0.25) is 9.84 Å². The third kappa shape index (κ3) is 3.73. The van der Waals surface area contributed by atoms with Crippen LogP contribution in [-0.4, -0.2) is 33.6 Å². The topological polar surface area (TPSA) is 52.6 Å². The zero-order chi connectivity index (χ0) is 18.7. The number of ether oxygens (including phenoxy) is 2. The maximum atomic E-state index is 13.7. The van der Waals surface area contributed by atoms with Crippen molar-refractivity contribution in [3.63, 3.8) is 0 Å². The highest BCUT2D eigenvalue weighted by atomic mass is 32.2. The van der Waals surface area contributed by atoms with Crippen LogP contribution in [0.2, 0.25) is 0 Å². The minimum Gasteiger partial charge on any atom is -0.497 e. The Hall–Kier alpha value is -1.99. The number of hydrogen-bond donors (Lipinski definition) is 0. The van der Waals surface area contributed by atoms with Gasteiger partial charge in [0, 0.05) is 17.7 Å². The summed E-state index contributed by atoms with van der Waals surface area (Å²) in [4.78, 5) is 0.350. The molecule has 0 saturated heterocycles. The van der Waals surface area contributed by atoms with Gasteiger partial charge in [-0.2, -0.15) is 11.8 Å². The number of hydrogen-bond acceptors (Lipinski definition) is 5. The number of halogens is 1. The second-order valence-corrected chi connectivity index (χ2v) is 8.72. The van der Waals surface area contributed by atoms with Gasteiger partial charge in [0.25, 0.3) is 0 Å². The van der Waals surface area contributed by atoms with Gasteiger partial charge in [0.05, 0.1) is 16.9 Å². The molecule has 0 aromatic heterocycles. The van der Waals surface area contributed by atoms with Crippen LogP contribution in [0.4, 0.5) is 4.39 Å². The quantitative estimate of drug-likeness (QED) is 0.737. The monoisotopic (exact) mass is 394 g/mol. The van der Waals surface area contributed by atoms with Gasteiger partial charge < -0.3 is 9.47 Å². The SMILES string of the molecule is COc1ccc(S(=O)(=O)C2=C(c3cccc(F)c3)OC(CSC)C2)cc1. The third-order valence-corrected chi connectivity index (χ3v) is 6.68. The number of sulfone groups is 1. The molecule has 1 aliphatic heterocycles. The van der Waals surface area contributed by atoms with Crippen molar-refractivity contribution in [3.05, 3.63) is 64.8 Å². The largest absolute Gasteiger partial charge is 0.497 e. The highest BCUT2D eigenvalue weighted by Gasteiger charge is 2.35. The molecule has 7 heteroatoms. The van der Waals surface area contributed by atoms with Crippen LogP contribution in [0.15, 0.2) is 58.3 Å². The van der Waals surface area contributed by atoms with E-state index in [1.807, 2.05) is 6.26 Å². The number of methoxy groups -OCH3 is 1. The normalized spacial score (nSPS) is 17.3. The summed E-state index contributed by atoms with van der Waals surface area (Å²) in [7, 11) is -2.24. The molecule has 4 nitrogen and oxygen atoms in total. The van der Waals surface area contributed by atoms with Gasteiger partial charge >= 0.3 is 0 Å². The molecule has 0 amide bonds. The highest BCUT2D eigenvalue weighted by molar-refractivity contribution is 7.98. The lowest BCUT2D eigenvalue weighted by molar-refractivity contribution is 0.215. The first-order valence-electron chi connectivity index (χ1n) is 7.99. The van der Waals surface area contributed by atoms with Crippen LogP contribution < -0.4 is 4.74 Å². The Morgan fingerprint density at radius 3 is 2.58 bits per heavy atom. The van der Waals surface area contributed by atoms with Crippen molar-refractivity contribution in [1.82, 2.24) is 0 Å². The first-order valence-corrected chi connectivity index (χ1v) is 10.9. The van der Waals surface area contributed by atoms with Crippen molar-refractivity contribution in [1.29, 1.82) is 0 Å². The Balaban J connectivity index is 2.07. The molecule has 1 heterocycles. The Morgan fingerprint density at radius 2 is 1.96 bits per heavy atom. The molecule has 0 spiro atoms. The maximum Gasteiger partial charge on any atom is 0.206 e. The molecule has 2 aromatic rings. The molecule has 3 rings (SSSR count). The van der Waals surface area contributed by atoms with E-state index in [-0.39, 0.29) is 28.1 Å². The van der Waals surface area contributed by atoms with E-state index in [1.54, 1.807) is 36.0 Å². The lowest BCUT2D eigenvalue weighted by Gasteiger charge is -2.11. The first kappa shape index (κ1) is 18.8. The van der Waals surface area contributed by atoms with Crippen molar-refractivity contribution in [3.8, 4) is 5.75 Å². The van der Waals surface area contributed by atoms with Crippen LogP contribution in [0.25, 0.3) is 5.76 Å².